The molecule has 1 heterocycles. The molecule has 4 saturated carbocycles. The maximum atomic E-state index is 12.9. The van der Waals surface area contributed by atoms with Gasteiger partial charge in [0, 0.05) is 0 Å². The van der Waals surface area contributed by atoms with Crippen molar-refractivity contribution in [2.75, 3.05) is 0 Å². The molecule has 6 rings (SSSR count). The number of hydrogen-bond acceptors (Lipinski definition) is 7. The fraction of sp³-hybridized carbons (Fsp3) is 0.889. The van der Waals surface area contributed by atoms with Gasteiger partial charge in [0.1, 0.15) is 18.3 Å². The molecule has 45 heavy (non-hydrogen) atoms. The molecule has 0 bridgehead atoms. The SMILES string of the molecule is CC1(C)CC[C@]2(C(=O)O)CC[C@]3(C)C(=CCC4[C@@]5(C)CC[C@@H](O[C@@H]6O[C@H](C(=O)O)[C@@H](O)[C@H](O)[C@H]6O)C(C)(C)C5CC[C@]43C)[C@H]2C1. The summed E-state index contributed by atoms with van der Waals surface area (Å²) in [6, 6.07) is 0. The number of hydrogen-bond donors (Lipinski definition) is 5. The maximum Gasteiger partial charge on any atom is 0.335 e. The second kappa shape index (κ2) is 10.5. The lowest BCUT2D eigenvalue weighted by Crippen LogP contribution is -2.66. The van der Waals surface area contributed by atoms with Gasteiger partial charge in [0.05, 0.1) is 11.5 Å². The third kappa shape index (κ3) is 4.57. The predicted octanol–water partition coefficient (Wildman–Crippen LogP) is 5.15. The standard InChI is InChI=1S/C36H56O9/c1-31(2)14-16-36(30(42)43)17-15-34(6)19(20(36)18-31)8-9-22-33(5)12-11-23(32(3,4)21(33)10-13-35(22,34)7)44-29-26(39)24(37)25(38)27(45-29)28(40)41/h8,20-27,29,37-39H,9-18H2,1-7H3,(H,40,41)(H,42,43)/t20-,21?,22?,23-,24+,25+,26-,27+,29-,33+,34-,35-,36+/m1/s1. The smallest absolute Gasteiger partial charge is 0.335 e. The summed E-state index contributed by atoms with van der Waals surface area (Å²) in [6.45, 7) is 16.4. The van der Waals surface area contributed by atoms with Crippen LogP contribution in [0, 0.1) is 50.2 Å². The van der Waals surface area contributed by atoms with Crippen LogP contribution in [0.3, 0.4) is 0 Å². The van der Waals surface area contributed by atoms with Crippen LogP contribution in [0.2, 0.25) is 0 Å². The molecule has 254 valence electrons. The molecule has 0 aromatic rings. The number of aliphatic hydroxyl groups is 3. The van der Waals surface area contributed by atoms with Crippen LogP contribution in [-0.2, 0) is 19.1 Å². The molecule has 5 aliphatic carbocycles. The van der Waals surface area contributed by atoms with Crippen LogP contribution in [0.5, 0.6) is 0 Å². The van der Waals surface area contributed by atoms with Crippen molar-refractivity contribution in [3.8, 4) is 0 Å². The number of carboxylic acid groups (broad SMARTS) is 2. The maximum absolute atomic E-state index is 12.9. The number of fused-ring (bicyclic) bond motifs is 7. The Balaban J connectivity index is 1.29. The van der Waals surface area contributed by atoms with E-state index in [1.54, 1.807) is 0 Å². The molecule has 0 aromatic carbocycles. The van der Waals surface area contributed by atoms with Crippen molar-refractivity contribution in [2.24, 2.45) is 50.2 Å². The van der Waals surface area contributed by atoms with E-state index >= 15 is 0 Å². The third-order valence-corrected chi connectivity index (χ3v) is 15.1. The Morgan fingerprint density at radius 1 is 0.822 bits per heavy atom. The fourth-order valence-corrected chi connectivity index (χ4v) is 12.2. The van der Waals surface area contributed by atoms with E-state index < -0.39 is 48.1 Å². The summed E-state index contributed by atoms with van der Waals surface area (Å²) in [5.41, 5.74) is 0.508. The van der Waals surface area contributed by atoms with Gasteiger partial charge in [-0.15, -0.1) is 0 Å². The Morgan fingerprint density at radius 3 is 2.13 bits per heavy atom. The molecule has 1 aliphatic heterocycles. The van der Waals surface area contributed by atoms with Gasteiger partial charge in [-0.2, -0.15) is 0 Å². The highest BCUT2D eigenvalue weighted by Crippen LogP contribution is 2.76. The summed E-state index contributed by atoms with van der Waals surface area (Å²) in [7, 11) is 0. The first kappa shape index (κ1) is 33.4. The minimum atomic E-state index is -1.75. The highest BCUT2D eigenvalue weighted by molar-refractivity contribution is 5.76. The van der Waals surface area contributed by atoms with Gasteiger partial charge in [0.2, 0.25) is 0 Å². The zero-order chi connectivity index (χ0) is 33.1. The van der Waals surface area contributed by atoms with Crippen LogP contribution >= 0.6 is 0 Å². The molecule has 5 N–H and O–H groups in total. The summed E-state index contributed by atoms with van der Waals surface area (Å²) in [4.78, 5) is 24.6. The molecule has 5 fully saturated rings. The first-order valence-electron chi connectivity index (χ1n) is 17.3. The van der Waals surface area contributed by atoms with Crippen LogP contribution in [0.25, 0.3) is 0 Å². The van der Waals surface area contributed by atoms with Gasteiger partial charge in [-0.25, -0.2) is 4.79 Å². The molecular formula is C36H56O9. The summed E-state index contributed by atoms with van der Waals surface area (Å²) < 4.78 is 11.9. The lowest BCUT2D eigenvalue weighted by Gasteiger charge is -2.71. The molecule has 1 saturated heterocycles. The minimum absolute atomic E-state index is 0.0000841. The van der Waals surface area contributed by atoms with Gasteiger partial charge in [-0.1, -0.05) is 60.1 Å². The Labute approximate surface area is 267 Å². The molecule has 9 heteroatoms. The van der Waals surface area contributed by atoms with Crippen molar-refractivity contribution >= 4 is 11.9 Å². The van der Waals surface area contributed by atoms with Gasteiger partial charge in [-0.3, -0.25) is 4.79 Å². The third-order valence-electron chi connectivity index (χ3n) is 15.1. The van der Waals surface area contributed by atoms with E-state index in [4.69, 9.17) is 9.47 Å². The molecular weight excluding hydrogens is 576 g/mol. The van der Waals surface area contributed by atoms with Gasteiger partial charge in [-0.05, 0) is 109 Å². The van der Waals surface area contributed by atoms with Crippen LogP contribution in [-0.4, -0.2) is 74.3 Å². The molecule has 13 atom stereocenters. The van der Waals surface area contributed by atoms with E-state index in [0.717, 1.165) is 57.8 Å². The van der Waals surface area contributed by atoms with Gasteiger partial charge >= 0.3 is 11.9 Å². The van der Waals surface area contributed by atoms with E-state index in [-0.39, 0.29) is 39.1 Å². The lowest BCUT2D eigenvalue weighted by molar-refractivity contribution is -0.324. The Kier molecular flexibility index (Phi) is 7.78. The number of ether oxygens (including phenoxy) is 2. The largest absolute Gasteiger partial charge is 0.481 e. The summed E-state index contributed by atoms with van der Waals surface area (Å²) in [5, 5.41) is 51.4. The second-order valence-corrected chi connectivity index (χ2v) is 17.9. The molecule has 2 unspecified atom stereocenters. The highest BCUT2D eigenvalue weighted by Gasteiger charge is 2.69. The first-order valence-corrected chi connectivity index (χ1v) is 17.3. The highest BCUT2D eigenvalue weighted by atomic mass is 16.7. The molecule has 0 radical (unpaired) electrons. The summed E-state index contributed by atoms with van der Waals surface area (Å²) in [6.07, 6.45) is 2.94. The van der Waals surface area contributed by atoms with Crippen LogP contribution in [0.1, 0.15) is 113 Å². The minimum Gasteiger partial charge on any atom is -0.481 e. The Hall–Kier alpha value is -1.52. The molecule has 0 amide bonds. The van der Waals surface area contributed by atoms with E-state index in [0.29, 0.717) is 18.3 Å². The summed E-state index contributed by atoms with van der Waals surface area (Å²) in [5.74, 6) is -1.24. The van der Waals surface area contributed by atoms with E-state index in [9.17, 15) is 35.1 Å². The van der Waals surface area contributed by atoms with Gasteiger partial charge < -0.3 is 35.0 Å². The number of aliphatic hydroxyl groups excluding tert-OH is 3. The van der Waals surface area contributed by atoms with Crippen LogP contribution in [0.4, 0.5) is 0 Å². The van der Waals surface area contributed by atoms with Crippen LogP contribution < -0.4 is 0 Å². The zero-order valence-corrected chi connectivity index (χ0v) is 28.2. The average Bonchev–Trinajstić information content (AvgIpc) is 2.94. The lowest BCUT2D eigenvalue weighted by atomic mass is 9.33. The van der Waals surface area contributed by atoms with Crippen LogP contribution in [0.15, 0.2) is 11.6 Å². The molecule has 6 aliphatic rings. The van der Waals surface area contributed by atoms with E-state index in [1.165, 1.54) is 5.57 Å². The van der Waals surface area contributed by atoms with Crippen molar-refractivity contribution in [1.29, 1.82) is 0 Å². The monoisotopic (exact) mass is 632 g/mol. The van der Waals surface area contributed by atoms with Crippen molar-refractivity contribution in [2.45, 2.75) is 149 Å². The van der Waals surface area contributed by atoms with Crippen molar-refractivity contribution in [1.82, 2.24) is 0 Å². The van der Waals surface area contributed by atoms with E-state index in [2.05, 4.69) is 54.5 Å². The molecule has 0 spiro atoms. The Bertz CT molecular complexity index is 1260. The molecule has 0 aromatic heterocycles. The summed E-state index contributed by atoms with van der Waals surface area (Å²) >= 11 is 0. The molecule has 9 nitrogen and oxygen atoms in total. The quantitative estimate of drug-likeness (QED) is 0.209. The normalized spacial score (nSPS) is 51.9. The van der Waals surface area contributed by atoms with E-state index in [1.807, 2.05) is 0 Å². The van der Waals surface area contributed by atoms with Gasteiger partial charge in [0.25, 0.3) is 0 Å². The number of aliphatic carboxylic acids is 2. The number of allylic oxidation sites excluding steroid dienone is 2. The van der Waals surface area contributed by atoms with Crippen molar-refractivity contribution < 1.29 is 44.6 Å². The van der Waals surface area contributed by atoms with Gasteiger partial charge in [0.15, 0.2) is 12.4 Å². The number of carboxylic acids is 2. The Morgan fingerprint density at radius 2 is 1.49 bits per heavy atom. The second-order valence-electron chi connectivity index (χ2n) is 17.9. The average molecular weight is 633 g/mol. The predicted molar refractivity (Wildman–Crippen MR) is 166 cm³/mol. The topological polar surface area (TPSA) is 154 Å². The van der Waals surface area contributed by atoms with Crippen molar-refractivity contribution in [3.63, 3.8) is 0 Å². The first-order chi connectivity index (χ1) is 20.7. The number of carbonyl (C=O) groups is 2. The fourth-order valence-electron chi connectivity index (χ4n) is 12.2. The van der Waals surface area contributed by atoms with Crippen molar-refractivity contribution in [3.05, 3.63) is 11.6 Å². The zero-order valence-electron chi connectivity index (χ0n) is 28.2. The number of rotatable bonds is 4.